The molecule has 0 saturated carbocycles. The number of hydrogen-bond donors (Lipinski definition) is 2. The van der Waals surface area contributed by atoms with Crippen molar-refractivity contribution in [3.8, 4) is 5.75 Å². The lowest BCUT2D eigenvalue weighted by Gasteiger charge is -2.10. The van der Waals surface area contributed by atoms with Crippen LogP contribution in [0.5, 0.6) is 5.75 Å². The molecule has 4 heteroatoms. The number of fused-ring (bicyclic) bond motifs is 1. The summed E-state index contributed by atoms with van der Waals surface area (Å²) in [5, 5.41) is 13.2. The molecule has 1 unspecified atom stereocenters. The van der Waals surface area contributed by atoms with Crippen LogP contribution >= 0.6 is 0 Å². The zero-order valence-corrected chi connectivity index (χ0v) is 10.8. The van der Waals surface area contributed by atoms with Crippen LogP contribution < -0.4 is 10.1 Å². The second-order valence-electron chi connectivity index (χ2n) is 4.41. The van der Waals surface area contributed by atoms with E-state index in [0.717, 1.165) is 28.9 Å². The highest BCUT2D eigenvalue weighted by molar-refractivity contribution is 5.79. The van der Waals surface area contributed by atoms with Gasteiger partial charge in [0.25, 0.3) is 0 Å². The van der Waals surface area contributed by atoms with E-state index >= 15 is 0 Å². The van der Waals surface area contributed by atoms with Crippen LogP contribution in [0.4, 0.5) is 0 Å². The Kier molecular flexibility index (Phi) is 4.23. The summed E-state index contributed by atoms with van der Waals surface area (Å²) in [6.07, 6.45) is 0.744. The quantitative estimate of drug-likeness (QED) is 0.824. The molecule has 2 aromatic rings. The van der Waals surface area contributed by atoms with Crippen LogP contribution in [0.15, 0.2) is 28.7 Å². The van der Waals surface area contributed by atoms with Crippen LogP contribution in [-0.2, 0) is 6.54 Å². The van der Waals surface area contributed by atoms with Gasteiger partial charge >= 0.3 is 0 Å². The Morgan fingerprint density at radius 1 is 1.39 bits per heavy atom. The molecule has 18 heavy (non-hydrogen) atoms. The van der Waals surface area contributed by atoms with Gasteiger partial charge in [0.1, 0.15) is 17.1 Å². The van der Waals surface area contributed by atoms with Crippen molar-refractivity contribution in [3.05, 3.63) is 30.0 Å². The van der Waals surface area contributed by atoms with Gasteiger partial charge in [-0.25, -0.2) is 0 Å². The average Bonchev–Trinajstić information content (AvgIpc) is 2.78. The summed E-state index contributed by atoms with van der Waals surface area (Å²) in [6.45, 7) is 2.91. The summed E-state index contributed by atoms with van der Waals surface area (Å²) in [5.41, 5.74) is 0.863. The number of hydrogen-bond acceptors (Lipinski definition) is 4. The van der Waals surface area contributed by atoms with E-state index in [1.54, 1.807) is 7.11 Å². The number of nitrogens with one attached hydrogen (secondary N) is 1. The van der Waals surface area contributed by atoms with E-state index in [1.807, 2.05) is 31.2 Å². The monoisotopic (exact) mass is 249 g/mol. The third kappa shape index (κ3) is 3.03. The lowest BCUT2D eigenvalue weighted by molar-refractivity contribution is 0.267. The van der Waals surface area contributed by atoms with E-state index < -0.39 is 0 Å². The van der Waals surface area contributed by atoms with E-state index in [1.165, 1.54) is 0 Å². The predicted molar refractivity (Wildman–Crippen MR) is 70.8 cm³/mol. The molecular weight excluding hydrogens is 230 g/mol. The fraction of sp³-hybridized carbons (Fsp3) is 0.429. The first kappa shape index (κ1) is 12.9. The van der Waals surface area contributed by atoms with Crippen LogP contribution in [0, 0.1) is 0 Å². The Morgan fingerprint density at radius 2 is 2.22 bits per heavy atom. The molecule has 2 rings (SSSR count). The summed E-state index contributed by atoms with van der Waals surface area (Å²) in [6, 6.07) is 8.04. The first-order valence-electron chi connectivity index (χ1n) is 6.13. The number of rotatable bonds is 6. The van der Waals surface area contributed by atoms with Crippen molar-refractivity contribution in [2.45, 2.75) is 25.9 Å². The van der Waals surface area contributed by atoms with Gasteiger partial charge < -0.3 is 19.6 Å². The fourth-order valence-corrected chi connectivity index (χ4v) is 1.86. The molecular formula is C14H19NO3. The molecule has 0 amide bonds. The number of aliphatic hydroxyl groups is 1. The van der Waals surface area contributed by atoms with E-state index in [2.05, 4.69) is 5.32 Å². The SMILES string of the molecule is COc1ccc2oc(CNC(C)CCO)cc2c1. The van der Waals surface area contributed by atoms with Crippen molar-refractivity contribution in [1.82, 2.24) is 5.32 Å². The molecule has 1 aromatic heterocycles. The van der Waals surface area contributed by atoms with Gasteiger partial charge in [-0.3, -0.25) is 0 Å². The predicted octanol–water partition coefficient (Wildman–Crippen LogP) is 2.30. The van der Waals surface area contributed by atoms with Gasteiger partial charge in [0, 0.05) is 18.0 Å². The minimum absolute atomic E-state index is 0.200. The maximum Gasteiger partial charge on any atom is 0.134 e. The molecule has 2 N–H and O–H groups in total. The van der Waals surface area contributed by atoms with Crippen molar-refractivity contribution >= 4 is 11.0 Å². The van der Waals surface area contributed by atoms with Gasteiger partial charge in [-0.15, -0.1) is 0 Å². The third-order valence-corrected chi connectivity index (χ3v) is 2.96. The van der Waals surface area contributed by atoms with E-state index in [0.29, 0.717) is 6.54 Å². The van der Waals surface area contributed by atoms with E-state index in [9.17, 15) is 0 Å². The highest BCUT2D eigenvalue weighted by atomic mass is 16.5. The lowest BCUT2D eigenvalue weighted by atomic mass is 10.2. The smallest absolute Gasteiger partial charge is 0.134 e. The molecule has 0 aliphatic rings. The van der Waals surface area contributed by atoms with Crippen LogP contribution in [0.25, 0.3) is 11.0 Å². The second-order valence-corrected chi connectivity index (χ2v) is 4.41. The Morgan fingerprint density at radius 3 is 2.94 bits per heavy atom. The number of methoxy groups -OCH3 is 1. The molecule has 0 saturated heterocycles. The van der Waals surface area contributed by atoms with Crippen LogP contribution in [0.3, 0.4) is 0 Å². The van der Waals surface area contributed by atoms with Crippen molar-refractivity contribution in [2.24, 2.45) is 0 Å². The van der Waals surface area contributed by atoms with Crippen LogP contribution in [0.1, 0.15) is 19.1 Å². The van der Waals surface area contributed by atoms with Crippen LogP contribution in [0.2, 0.25) is 0 Å². The fourth-order valence-electron chi connectivity index (χ4n) is 1.86. The lowest BCUT2D eigenvalue weighted by Crippen LogP contribution is -2.26. The Labute approximate surface area is 107 Å². The normalized spacial score (nSPS) is 12.8. The van der Waals surface area contributed by atoms with Gasteiger partial charge in [0.2, 0.25) is 0 Å². The first-order chi connectivity index (χ1) is 8.72. The molecule has 0 fully saturated rings. The average molecular weight is 249 g/mol. The topological polar surface area (TPSA) is 54.6 Å². The van der Waals surface area contributed by atoms with Crippen molar-refractivity contribution in [2.75, 3.05) is 13.7 Å². The molecule has 0 radical (unpaired) electrons. The molecule has 0 aliphatic heterocycles. The maximum atomic E-state index is 8.83. The number of benzene rings is 1. The first-order valence-corrected chi connectivity index (χ1v) is 6.13. The van der Waals surface area contributed by atoms with Gasteiger partial charge in [0.15, 0.2) is 0 Å². The summed E-state index contributed by atoms with van der Waals surface area (Å²) < 4.78 is 10.9. The number of ether oxygens (including phenoxy) is 1. The highest BCUT2D eigenvalue weighted by Gasteiger charge is 2.06. The Hall–Kier alpha value is -1.52. The van der Waals surface area contributed by atoms with Crippen molar-refractivity contribution in [1.29, 1.82) is 0 Å². The molecule has 1 aromatic carbocycles. The largest absolute Gasteiger partial charge is 0.497 e. The van der Waals surface area contributed by atoms with E-state index in [-0.39, 0.29) is 12.6 Å². The summed E-state index contributed by atoms with van der Waals surface area (Å²) >= 11 is 0. The summed E-state index contributed by atoms with van der Waals surface area (Å²) in [7, 11) is 1.65. The third-order valence-electron chi connectivity index (χ3n) is 2.96. The minimum Gasteiger partial charge on any atom is -0.497 e. The van der Waals surface area contributed by atoms with Gasteiger partial charge in [-0.2, -0.15) is 0 Å². The second kappa shape index (κ2) is 5.89. The Balaban J connectivity index is 2.05. The Bertz CT molecular complexity index is 507. The molecule has 1 heterocycles. The zero-order chi connectivity index (χ0) is 13.0. The van der Waals surface area contributed by atoms with Crippen LogP contribution in [-0.4, -0.2) is 24.9 Å². The standard InChI is InChI=1S/C14H19NO3/c1-10(5-6-16)15-9-13-8-11-7-12(17-2)3-4-14(11)18-13/h3-4,7-8,10,15-16H,5-6,9H2,1-2H3. The van der Waals surface area contributed by atoms with Gasteiger partial charge in [-0.1, -0.05) is 0 Å². The molecule has 0 bridgehead atoms. The van der Waals surface area contributed by atoms with Gasteiger partial charge in [-0.05, 0) is 37.6 Å². The molecule has 0 spiro atoms. The molecule has 4 nitrogen and oxygen atoms in total. The van der Waals surface area contributed by atoms with Gasteiger partial charge in [0.05, 0.1) is 13.7 Å². The molecule has 0 aliphatic carbocycles. The van der Waals surface area contributed by atoms with E-state index in [4.69, 9.17) is 14.3 Å². The minimum atomic E-state index is 0.200. The summed E-state index contributed by atoms with van der Waals surface area (Å²) in [4.78, 5) is 0. The zero-order valence-electron chi connectivity index (χ0n) is 10.8. The number of furan rings is 1. The highest BCUT2D eigenvalue weighted by Crippen LogP contribution is 2.24. The van der Waals surface area contributed by atoms with Crippen molar-refractivity contribution in [3.63, 3.8) is 0 Å². The molecule has 98 valence electrons. The summed E-state index contributed by atoms with van der Waals surface area (Å²) in [5.74, 6) is 1.72. The molecule has 1 atom stereocenters. The number of aliphatic hydroxyl groups excluding tert-OH is 1. The van der Waals surface area contributed by atoms with Crippen molar-refractivity contribution < 1.29 is 14.3 Å². The maximum absolute atomic E-state index is 8.83.